The highest BCUT2D eigenvalue weighted by Crippen LogP contribution is 2.11. The van der Waals surface area contributed by atoms with Crippen molar-refractivity contribution >= 4 is 17.9 Å². The van der Waals surface area contributed by atoms with Crippen LogP contribution in [0, 0.1) is 0 Å². The number of aldehydes is 1. The van der Waals surface area contributed by atoms with E-state index in [-0.39, 0.29) is 12.0 Å². The number of unbranched alkanes of at least 4 members (excludes halogenated alkanes) is 16. The van der Waals surface area contributed by atoms with Crippen molar-refractivity contribution in [3.05, 3.63) is 48.6 Å². The minimum absolute atomic E-state index is 0.0426. The Bertz CT molecular complexity index is 564. The average molecular weight is 565 g/mol. The minimum Gasteiger partial charge on any atom is -0.395 e. The summed E-state index contributed by atoms with van der Waals surface area (Å²) in [7, 11) is 0. The second kappa shape index (κ2) is 39.0. The monoisotopic (exact) mass is 564 g/mol. The summed E-state index contributed by atoms with van der Waals surface area (Å²) in [4.78, 5) is 10.1. The average Bonchev–Trinajstić information content (AvgIpc) is 2.95. The van der Waals surface area contributed by atoms with E-state index in [1.807, 2.05) is 0 Å². The van der Waals surface area contributed by atoms with Gasteiger partial charge in [0.1, 0.15) is 6.29 Å². The van der Waals surface area contributed by atoms with Crippen molar-refractivity contribution in [2.24, 2.45) is 0 Å². The van der Waals surface area contributed by atoms with E-state index >= 15 is 0 Å². The van der Waals surface area contributed by atoms with Gasteiger partial charge in [0.05, 0.1) is 12.0 Å². The third-order valence-electron chi connectivity index (χ3n) is 6.69. The van der Waals surface area contributed by atoms with Gasteiger partial charge in [0.25, 0.3) is 0 Å². The highest BCUT2D eigenvalue weighted by Gasteiger charge is 2.00. The van der Waals surface area contributed by atoms with Gasteiger partial charge in [-0.05, 0) is 77.0 Å². The molecule has 39 heavy (non-hydrogen) atoms. The van der Waals surface area contributed by atoms with Gasteiger partial charge < -0.3 is 9.90 Å². The highest BCUT2D eigenvalue weighted by atomic mass is 35.5. The lowest BCUT2D eigenvalue weighted by molar-refractivity contribution is -0.107. The summed E-state index contributed by atoms with van der Waals surface area (Å²) in [6.07, 6.45) is 47.1. The molecule has 1 unspecified atom stereocenters. The van der Waals surface area contributed by atoms with Gasteiger partial charge in [0, 0.05) is 6.42 Å². The summed E-state index contributed by atoms with van der Waals surface area (Å²) >= 11 is 5.85. The summed E-state index contributed by atoms with van der Waals surface area (Å²) in [5.41, 5.74) is 0. The zero-order valence-corrected chi connectivity index (χ0v) is 26.7. The molecule has 0 radical (unpaired) electrons. The molecule has 0 fully saturated rings. The standard InChI is InChI=1S/C18H33ClO.C18H32O/c1-2-3-4-5-6-7-8-9-10-11-12-13-14-15-16-18(19)17-20;1-2-3-4-5-6-7-8-9-10-11-12-13-14-15-16-17-18-19/h6-7,9-10,18,20H,2-5,8,11-17H2,1H3;6-7,9-10,18H,2-5,8,11-17H2,1H3/b2*7-6-,10-9-. The van der Waals surface area contributed by atoms with E-state index in [9.17, 15) is 4.79 Å². The second-order valence-electron chi connectivity index (χ2n) is 10.6. The van der Waals surface area contributed by atoms with Crippen LogP contribution in [-0.4, -0.2) is 23.4 Å². The lowest BCUT2D eigenvalue weighted by atomic mass is 10.1. The zero-order valence-electron chi connectivity index (χ0n) is 26.0. The van der Waals surface area contributed by atoms with Crippen LogP contribution in [0.5, 0.6) is 0 Å². The molecule has 0 aromatic carbocycles. The number of aliphatic hydroxyl groups excluding tert-OH is 1. The maximum Gasteiger partial charge on any atom is 0.119 e. The molecule has 0 aromatic heterocycles. The first-order valence-corrected chi connectivity index (χ1v) is 16.9. The van der Waals surface area contributed by atoms with Gasteiger partial charge in [-0.25, -0.2) is 0 Å². The molecule has 2 nitrogen and oxygen atoms in total. The predicted molar refractivity (Wildman–Crippen MR) is 177 cm³/mol. The number of hydrogen-bond acceptors (Lipinski definition) is 2. The van der Waals surface area contributed by atoms with Gasteiger partial charge in [-0.3, -0.25) is 0 Å². The van der Waals surface area contributed by atoms with Crippen LogP contribution >= 0.6 is 11.6 Å². The number of rotatable bonds is 28. The van der Waals surface area contributed by atoms with E-state index in [0.29, 0.717) is 0 Å². The molecule has 0 aliphatic heterocycles. The number of alkyl halides is 1. The van der Waals surface area contributed by atoms with E-state index in [4.69, 9.17) is 16.7 Å². The first-order chi connectivity index (χ1) is 19.2. The summed E-state index contributed by atoms with van der Waals surface area (Å²) < 4.78 is 0. The Morgan fingerprint density at radius 1 is 0.513 bits per heavy atom. The first-order valence-electron chi connectivity index (χ1n) is 16.5. The molecule has 0 rings (SSSR count). The van der Waals surface area contributed by atoms with Crippen molar-refractivity contribution in [1.82, 2.24) is 0 Å². The molecule has 0 heterocycles. The van der Waals surface area contributed by atoms with Crippen molar-refractivity contribution in [2.45, 2.75) is 167 Å². The van der Waals surface area contributed by atoms with Crippen LogP contribution in [0.15, 0.2) is 48.6 Å². The number of allylic oxidation sites excluding steroid dienone is 8. The smallest absolute Gasteiger partial charge is 0.119 e. The van der Waals surface area contributed by atoms with Crippen LogP contribution in [0.25, 0.3) is 0 Å². The Hall–Kier alpha value is -1.12. The Labute approximate surface area is 249 Å². The number of halogens is 1. The lowest BCUT2D eigenvalue weighted by Gasteiger charge is -2.04. The molecule has 0 aliphatic rings. The van der Waals surface area contributed by atoms with Crippen LogP contribution < -0.4 is 0 Å². The Morgan fingerprint density at radius 3 is 1.26 bits per heavy atom. The van der Waals surface area contributed by atoms with E-state index in [1.54, 1.807) is 0 Å². The number of carbonyl (C=O) groups is 1. The van der Waals surface area contributed by atoms with Gasteiger partial charge in [-0.1, -0.05) is 127 Å². The van der Waals surface area contributed by atoms with E-state index in [2.05, 4.69) is 62.5 Å². The highest BCUT2D eigenvalue weighted by molar-refractivity contribution is 6.20. The van der Waals surface area contributed by atoms with Crippen LogP contribution in [-0.2, 0) is 4.79 Å². The summed E-state index contributed by atoms with van der Waals surface area (Å²) in [5, 5.41) is 8.75. The third kappa shape index (κ3) is 41.5. The molecule has 0 spiro atoms. The summed E-state index contributed by atoms with van der Waals surface area (Å²) in [5.74, 6) is 0. The Kier molecular flexibility index (Phi) is 40.0. The fourth-order valence-electron chi connectivity index (χ4n) is 4.13. The van der Waals surface area contributed by atoms with Crippen LogP contribution in [0.3, 0.4) is 0 Å². The maximum atomic E-state index is 10.1. The normalized spacial score (nSPS) is 12.6. The molecule has 0 aromatic rings. The van der Waals surface area contributed by atoms with Crippen LogP contribution in [0.2, 0.25) is 0 Å². The molecule has 1 N–H and O–H groups in total. The topological polar surface area (TPSA) is 37.3 Å². The molecule has 1 atom stereocenters. The SMILES string of the molecule is CCCCC/C=C\C/C=C\CCCCCCC(Cl)CO.CCCCC/C=C\C/C=C\CCCCCCCC=O. The largest absolute Gasteiger partial charge is 0.395 e. The number of aliphatic hydroxyl groups is 1. The molecular formula is C36H65ClO2. The van der Waals surface area contributed by atoms with Gasteiger partial charge >= 0.3 is 0 Å². The molecule has 0 saturated carbocycles. The molecule has 228 valence electrons. The molecule has 0 aliphatic carbocycles. The van der Waals surface area contributed by atoms with E-state index in [1.165, 1.54) is 109 Å². The third-order valence-corrected chi connectivity index (χ3v) is 7.04. The van der Waals surface area contributed by atoms with Crippen molar-refractivity contribution in [3.63, 3.8) is 0 Å². The molecule has 0 amide bonds. The molecule has 0 bridgehead atoms. The van der Waals surface area contributed by atoms with Crippen LogP contribution in [0.4, 0.5) is 0 Å². The van der Waals surface area contributed by atoms with Crippen molar-refractivity contribution in [3.8, 4) is 0 Å². The summed E-state index contributed by atoms with van der Waals surface area (Å²) in [6.45, 7) is 4.60. The lowest BCUT2D eigenvalue weighted by Crippen LogP contribution is -2.03. The minimum atomic E-state index is -0.0426. The van der Waals surface area contributed by atoms with E-state index in [0.717, 1.165) is 44.8 Å². The summed E-state index contributed by atoms with van der Waals surface area (Å²) in [6, 6.07) is 0. The number of carbonyl (C=O) groups excluding carboxylic acids is 1. The zero-order chi connectivity index (χ0) is 28.9. The quantitative estimate of drug-likeness (QED) is 0.0444. The molecule has 0 saturated heterocycles. The van der Waals surface area contributed by atoms with Gasteiger partial charge in [-0.15, -0.1) is 11.6 Å². The second-order valence-corrected chi connectivity index (χ2v) is 11.2. The van der Waals surface area contributed by atoms with Crippen molar-refractivity contribution in [1.29, 1.82) is 0 Å². The van der Waals surface area contributed by atoms with Crippen molar-refractivity contribution in [2.75, 3.05) is 6.61 Å². The molecular weight excluding hydrogens is 500 g/mol. The van der Waals surface area contributed by atoms with Gasteiger partial charge in [0.2, 0.25) is 0 Å². The van der Waals surface area contributed by atoms with E-state index < -0.39 is 0 Å². The fraction of sp³-hybridized carbons (Fsp3) is 0.750. The predicted octanol–water partition coefficient (Wildman–Crippen LogP) is 12.0. The van der Waals surface area contributed by atoms with Gasteiger partial charge in [0.15, 0.2) is 0 Å². The maximum absolute atomic E-state index is 10.1. The Balaban J connectivity index is 0. The van der Waals surface area contributed by atoms with Gasteiger partial charge in [-0.2, -0.15) is 0 Å². The van der Waals surface area contributed by atoms with Crippen LogP contribution in [0.1, 0.15) is 162 Å². The molecule has 3 heteroatoms. The number of hydrogen-bond donors (Lipinski definition) is 1. The first kappa shape index (κ1) is 40.0. The van der Waals surface area contributed by atoms with Crippen molar-refractivity contribution < 1.29 is 9.90 Å². The Morgan fingerprint density at radius 2 is 0.872 bits per heavy atom. The fourth-order valence-corrected chi connectivity index (χ4v) is 4.29.